The Morgan fingerprint density at radius 1 is 0.974 bits per heavy atom. The van der Waals surface area contributed by atoms with Gasteiger partial charge >= 0.3 is 6.03 Å². The third-order valence-corrected chi connectivity index (χ3v) is 10.4. The summed E-state index contributed by atoms with van der Waals surface area (Å²) in [5, 5.41) is 14.0. The lowest BCUT2D eigenvalue weighted by atomic mass is 9.48. The van der Waals surface area contributed by atoms with Crippen LogP contribution in [0.5, 0.6) is 0 Å². The molecule has 39 heavy (non-hydrogen) atoms. The van der Waals surface area contributed by atoms with Crippen molar-refractivity contribution in [1.82, 2.24) is 15.1 Å². The number of carbonyl (C=O) groups is 3. The van der Waals surface area contributed by atoms with E-state index in [-0.39, 0.29) is 53.3 Å². The summed E-state index contributed by atoms with van der Waals surface area (Å²) in [4.78, 5) is 45.7. The molecule has 212 valence electrons. The molecule has 2 aliphatic heterocycles. The molecule has 3 atom stereocenters. The third-order valence-electron chi connectivity index (χ3n) is 10.4. The number of anilines is 1. The zero-order chi connectivity index (χ0) is 27.1. The standard InChI is InChI=1S/C31H44N4O4/c1-2-27(36)35(25-8-4-3-5-9-25)26-10-13-33(14-11-26)30(39)34-12-6-7-24(20-34)32-29(38)31-17-21-15-22(18-31)28(37)23(16-21)19-31/h3-5,8-9,21-24,26,28,37H,2,6-7,10-20H2,1H3,(H,32,38)/t21?,22?,23?,24-,28?,31?/m0/s1. The lowest BCUT2D eigenvalue weighted by Crippen LogP contribution is -2.61. The Hall–Kier alpha value is -2.61. The molecule has 2 N–H and O–H groups in total. The molecule has 7 rings (SSSR count). The number of aliphatic hydroxyl groups excluding tert-OH is 1. The fourth-order valence-corrected chi connectivity index (χ4v) is 8.72. The van der Waals surface area contributed by atoms with Crippen LogP contribution >= 0.6 is 0 Å². The number of likely N-dealkylation sites (tertiary alicyclic amines) is 2. The van der Waals surface area contributed by atoms with Crippen LogP contribution in [0.1, 0.15) is 71.1 Å². The van der Waals surface area contributed by atoms with Gasteiger partial charge in [0, 0.05) is 50.4 Å². The highest BCUT2D eigenvalue weighted by Gasteiger charge is 2.58. The van der Waals surface area contributed by atoms with Crippen molar-refractivity contribution in [1.29, 1.82) is 0 Å². The second-order valence-corrected chi connectivity index (χ2v) is 13.0. The summed E-state index contributed by atoms with van der Waals surface area (Å²) in [6.45, 7) is 4.44. The van der Waals surface area contributed by atoms with E-state index in [9.17, 15) is 19.5 Å². The van der Waals surface area contributed by atoms with Gasteiger partial charge in [-0.2, -0.15) is 0 Å². The van der Waals surface area contributed by atoms with Crippen LogP contribution in [0.3, 0.4) is 0 Å². The highest BCUT2D eigenvalue weighted by molar-refractivity contribution is 5.93. The topological polar surface area (TPSA) is 93.2 Å². The number of aliphatic hydroxyl groups is 1. The summed E-state index contributed by atoms with van der Waals surface area (Å²) in [5.41, 5.74) is 0.613. The summed E-state index contributed by atoms with van der Waals surface area (Å²) in [7, 11) is 0. The van der Waals surface area contributed by atoms with E-state index in [4.69, 9.17) is 0 Å². The fraction of sp³-hybridized carbons (Fsp3) is 0.710. The van der Waals surface area contributed by atoms with Gasteiger partial charge in [0.25, 0.3) is 0 Å². The molecule has 1 aromatic carbocycles. The number of benzene rings is 1. The zero-order valence-corrected chi connectivity index (χ0v) is 23.3. The molecule has 8 heteroatoms. The molecule has 4 saturated carbocycles. The van der Waals surface area contributed by atoms with Gasteiger partial charge in [0.1, 0.15) is 0 Å². The lowest BCUT2D eigenvalue weighted by Gasteiger charge is -2.58. The Kier molecular flexibility index (Phi) is 7.34. The van der Waals surface area contributed by atoms with Crippen molar-refractivity contribution in [2.45, 2.75) is 89.3 Å². The quantitative estimate of drug-likeness (QED) is 0.599. The van der Waals surface area contributed by atoms with Crippen molar-refractivity contribution < 1.29 is 19.5 Å². The first-order chi connectivity index (χ1) is 18.9. The predicted molar refractivity (Wildman–Crippen MR) is 149 cm³/mol. The first-order valence-corrected chi connectivity index (χ1v) is 15.3. The molecular formula is C31H44N4O4. The highest BCUT2D eigenvalue weighted by atomic mass is 16.3. The number of rotatable bonds is 5. The van der Waals surface area contributed by atoms with Crippen molar-refractivity contribution in [2.75, 3.05) is 31.1 Å². The van der Waals surface area contributed by atoms with Crippen LogP contribution in [0.25, 0.3) is 0 Å². The van der Waals surface area contributed by atoms with Crippen LogP contribution in [-0.4, -0.2) is 77.1 Å². The number of hydrogen-bond donors (Lipinski definition) is 2. The summed E-state index contributed by atoms with van der Waals surface area (Å²) >= 11 is 0. The molecule has 0 aromatic heterocycles. The van der Waals surface area contributed by atoms with Crippen LogP contribution in [0, 0.1) is 23.2 Å². The Bertz CT molecular complexity index is 1060. The second-order valence-electron chi connectivity index (χ2n) is 13.0. The van der Waals surface area contributed by atoms with Crippen LogP contribution in [0.2, 0.25) is 0 Å². The van der Waals surface area contributed by atoms with Gasteiger partial charge in [-0.05, 0) is 87.7 Å². The molecule has 4 amide bonds. The molecule has 6 aliphatic rings. The number of para-hydroxylation sites is 1. The fourth-order valence-electron chi connectivity index (χ4n) is 8.72. The Morgan fingerprint density at radius 2 is 1.67 bits per heavy atom. The third kappa shape index (κ3) is 5.05. The molecule has 2 saturated heterocycles. The molecule has 2 unspecified atom stereocenters. The smallest absolute Gasteiger partial charge is 0.320 e. The number of nitrogens with one attached hydrogen (secondary N) is 1. The largest absolute Gasteiger partial charge is 0.393 e. The molecular weight excluding hydrogens is 492 g/mol. The highest BCUT2D eigenvalue weighted by Crippen LogP contribution is 2.60. The first kappa shape index (κ1) is 26.6. The number of nitrogens with zero attached hydrogens (tertiary/aromatic N) is 3. The molecule has 4 bridgehead atoms. The lowest BCUT2D eigenvalue weighted by molar-refractivity contribution is -0.164. The van der Waals surface area contributed by atoms with Crippen molar-refractivity contribution in [3.05, 3.63) is 30.3 Å². The van der Waals surface area contributed by atoms with Crippen LogP contribution in [0.4, 0.5) is 10.5 Å². The van der Waals surface area contributed by atoms with Crippen molar-refractivity contribution in [2.24, 2.45) is 23.2 Å². The van der Waals surface area contributed by atoms with E-state index in [1.165, 1.54) is 0 Å². The van der Waals surface area contributed by atoms with E-state index in [1.54, 1.807) is 0 Å². The predicted octanol–water partition coefficient (Wildman–Crippen LogP) is 3.78. The Morgan fingerprint density at radius 3 is 2.33 bits per heavy atom. The van der Waals surface area contributed by atoms with Crippen molar-refractivity contribution in [3.8, 4) is 0 Å². The van der Waals surface area contributed by atoms with E-state index >= 15 is 0 Å². The zero-order valence-electron chi connectivity index (χ0n) is 23.3. The Balaban J connectivity index is 1.04. The maximum absolute atomic E-state index is 13.6. The summed E-state index contributed by atoms with van der Waals surface area (Å²) < 4.78 is 0. The molecule has 1 aromatic rings. The normalized spacial score (nSPS) is 34.2. The number of amides is 4. The van der Waals surface area contributed by atoms with Gasteiger partial charge in [0.2, 0.25) is 11.8 Å². The maximum atomic E-state index is 13.6. The van der Waals surface area contributed by atoms with E-state index in [0.29, 0.717) is 32.0 Å². The van der Waals surface area contributed by atoms with Crippen molar-refractivity contribution in [3.63, 3.8) is 0 Å². The molecule has 0 spiro atoms. The maximum Gasteiger partial charge on any atom is 0.320 e. The molecule has 2 heterocycles. The Labute approximate surface area is 232 Å². The minimum absolute atomic E-state index is 0.0126. The van der Waals surface area contributed by atoms with Gasteiger partial charge in [0.15, 0.2) is 0 Å². The number of urea groups is 1. The van der Waals surface area contributed by atoms with Gasteiger partial charge in [-0.3, -0.25) is 9.59 Å². The minimum Gasteiger partial charge on any atom is -0.393 e. The van der Waals surface area contributed by atoms with Crippen LogP contribution in [-0.2, 0) is 9.59 Å². The van der Waals surface area contributed by atoms with Gasteiger partial charge < -0.3 is 25.1 Å². The molecule has 0 radical (unpaired) electrons. The van der Waals surface area contributed by atoms with E-state index in [0.717, 1.165) is 70.0 Å². The first-order valence-electron chi connectivity index (χ1n) is 15.3. The van der Waals surface area contributed by atoms with E-state index in [1.807, 2.05) is 52.0 Å². The molecule has 8 nitrogen and oxygen atoms in total. The number of hydrogen-bond acceptors (Lipinski definition) is 4. The van der Waals surface area contributed by atoms with E-state index in [2.05, 4.69) is 5.32 Å². The van der Waals surface area contributed by atoms with Crippen molar-refractivity contribution >= 4 is 23.5 Å². The minimum atomic E-state index is -0.315. The van der Waals surface area contributed by atoms with Gasteiger partial charge in [0.05, 0.1) is 11.5 Å². The molecule has 6 fully saturated rings. The number of piperidine rings is 2. The summed E-state index contributed by atoms with van der Waals surface area (Å²) in [5.74, 6) is 1.42. The van der Waals surface area contributed by atoms with Gasteiger partial charge in [-0.15, -0.1) is 0 Å². The van der Waals surface area contributed by atoms with Crippen LogP contribution in [0.15, 0.2) is 30.3 Å². The summed E-state index contributed by atoms with van der Waals surface area (Å²) in [6, 6.07) is 9.99. The average Bonchev–Trinajstić information content (AvgIpc) is 2.96. The average molecular weight is 537 g/mol. The van der Waals surface area contributed by atoms with E-state index < -0.39 is 0 Å². The summed E-state index contributed by atoms with van der Waals surface area (Å²) in [6.07, 6.45) is 8.29. The van der Waals surface area contributed by atoms with Gasteiger partial charge in [-0.1, -0.05) is 25.1 Å². The monoisotopic (exact) mass is 536 g/mol. The molecule has 4 aliphatic carbocycles. The second kappa shape index (κ2) is 10.8. The SMILES string of the molecule is CCC(=O)N(c1ccccc1)C1CCN(C(=O)N2CCC[C@H](NC(=O)C34CC5CC(C3)C(O)C(C5)C4)C2)CC1. The van der Waals surface area contributed by atoms with Gasteiger partial charge in [-0.25, -0.2) is 4.79 Å². The number of carbonyl (C=O) groups excluding carboxylic acids is 3. The van der Waals surface area contributed by atoms with Crippen LogP contribution < -0.4 is 10.2 Å².